The molecule has 1 atom stereocenters. The van der Waals surface area contributed by atoms with E-state index in [1.165, 1.54) is 0 Å². The molecule has 1 aliphatic heterocycles. The fraction of sp³-hybridized carbons (Fsp3) is 0.182. The van der Waals surface area contributed by atoms with Gasteiger partial charge in [0.25, 0.3) is 0 Å². The number of benzene rings is 1. The first-order valence-corrected chi connectivity index (χ1v) is 4.37. The van der Waals surface area contributed by atoms with E-state index in [-0.39, 0.29) is 11.8 Å². The maximum atomic E-state index is 10.9. The summed E-state index contributed by atoms with van der Waals surface area (Å²) >= 11 is 0. The van der Waals surface area contributed by atoms with Crippen LogP contribution in [0.4, 0.5) is 0 Å². The van der Waals surface area contributed by atoms with Gasteiger partial charge in [-0.25, -0.2) is 0 Å². The Morgan fingerprint density at radius 2 is 2.08 bits per heavy atom. The summed E-state index contributed by atoms with van der Waals surface area (Å²) in [6.45, 7) is 0.780. The number of hydrogen-bond acceptors (Lipinski definition) is 1. The Bertz CT molecular complexity index is 329. The van der Waals surface area contributed by atoms with Crippen molar-refractivity contribution in [2.45, 2.75) is 0 Å². The Labute approximate surface area is 77.3 Å². The fourth-order valence-corrected chi connectivity index (χ4v) is 1.25. The molecule has 2 rings (SSSR count). The van der Waals surface area contributed by atoms with Gasteiger partial charge >= 0.3 is 0 Å². The SMILES string of the molecule is O=C1NCC1/C=C/c1ccccc1. The molecule has 1 heterocycles. The number of carbonyl (C=O) groups excluding carboxylic acids is 1. The Hall–Kier alpha value is -1.57. The molecule has 1 aliphatic rings. The molecule has 0 aliphatic carbocycles. The molecule has 2 heteroatoms. The van der Waals surface area contributed by atoms with Crippen molar-refractivity contribution in [2.24, 2.45) is 5.92 Å². The lowest BCUT2D eigenvalue weighted by atomic mass is 10.0. The maximum Gasteiger partial charge on any atom is 0.228 e. The highest BCUT2D eigenvalue weighted by molar-refractivity contribution is 5.87. The molecule has 1 aromatic rings. The van der Waals surface area contributed by atoms with Gasteiger partial charge in [0.1, 0.15) is 0 Å². The van der Waals surface area contributed by atoms with Crippen LogP contribution in [0, 0.1) is 5.92 Å². The van der Waals surface area contributed by atoms with E-state index in [2.05, 4.69) is 5.32 Å². The smallest absolute Gasteiger partial charge is 0.228 e. The molecule has 13 heavy (non-hydrogen) atoms. The lowest BCUT2D eigenvalue weighted by Crippen LogP contribution is -2.47. The number of carbonyl (C=O) groups is 1. The number of rotatable bonds is 2. The van der Waals surface area contributed by atoms with Gasteiger partial charge in [-0.05, 0) is 5.56 Å². The van der Waals surface area contributed by atoms with Crippen molar-refractivity contribution < 1.29 is 4.79 Å². The van der Waals surface area contributed by atoms with Gasteiger partial charge in [0.15, 0.2) is 0 Å². The van der Waals surface area contributed by atoms with Crippen LogP contribution in [-0.2, 0) is 4.79 Å². The second-order valence-electron chi connectivity index (χ2n) is 3.12. The van der Waals surface area contributed by atoms with Crippen LogP contribution < -0.4 is 5.32 Å². The lowest BCUT2D eigenvalue weighted by Gasteiger charge is -2.22. The molecule has 0 spiro atoms. The van der Waals surface area contributed by atoms with Crippen LogP contribution in [0.2, 0.25) is 0 Å². The molecule has 1 fully saturated rings. The number of β-lactam (4-membered cyclic amide) rings is 1. The third-order valence-electron chi connectivity index (χ3n) is 2.15. The molecule has 0 radical (unpaired) electrons. The van der Waals surface area contributed by atoms with Gasteiger partial charge < -0.3 is 5.32 Å². The average Bonchev–Trinajstić information content (AvgIpc) is 2.17. The minimum absolute atomic E-state index is 0.0835. The van der Waals surface area contributed by atoms with Crippen molar-refractivity contribution in [1.29, 1.82) is 0 Å². The summed E-state index contributed by atoms with van der Waals surface area (Å²) in [5, 5.41) is 2.70. The highest BCUT2D eigenvalue weighted by atomic mass is 16.2. The first kappa shape index (κ1) is 8.05. The molecular formula is C11H11NO. The highest BCUT2D eigenvalue weighted by Crippen LogP contribution is 2.10. The van der Waals surface area contributed by atoms with Crippen molar-refractivity contribution in [3.8, 4) is 0 Å². The third kappa shape index (κ3) is 1.78. The molecular weight excluding hydrogens is 162 g/mol. The maximum absolute atomic E-state index is 10.9. The van der Waals surface area contributed by atoms with Gasteiger partial charge in [0, 0.05) is 6.54 Å². The summed E-state index contributed by atoms with van der Waals surface area (Å²) < 4.78 is 0. The monoisotopic (exact) mass is 173 g/mol. The van der Waals surface area contributed by atoms with Crippen LogP contribution >= 0.6 is 0 Å². The zero-order valence-electron chi connectivity index (χ0n) is 7.23. The van der Waals surface area contributed by atoms with Crippen LogP contribution in [0.1, 0.15) is 5.56 Å². The molecule has 1 amide bonds. The fourth-order valence-electron chi connectivity index (χ4n) is 1.25. The number of hydrogen-bond donors (Lipinski definition) is 1. The van der Waals surface area contributed by atoms with Crippen molar-refractivity contribution >= 4 is 12.0 Å². The highest BCUT2D eigenvalue weighted by Gasteiger charge is 2.23. The standard InChI is InChI=1S/C11H11NO/c13-11-10(8-12-11)7-6-9-4-2-1-3-5-9/h1-7,10H,8H2,(H,12,13)/b7-6+. The van der Waals surface area contributed by atoms with Gasteiger partial charge in [0.2, 0.25) is 5.91 Å². The summed E-state index contributed by atoms with van der Waals surface area (Å²) in [7, 11) is 0. The molecule has 1 N–H and O–H groups in total. The van der Waals surface area contributed by atoms with Crippen molar-refractivity contribution in [3.63, 3.8) is 0 Å². The van der Waals surface area contributed by atoms with Crippen molar-refractivity contribution in [2.75, 3.05) is 6.54 Å². The topological polar surface area (TPSA) is 29.1 Å². The predicted octanol–water partition coefficient (Wildman–Crippen LogP) is 1.45. The average molecular weight is 173 g/mol. The van der Waals surface area contributed by atoms with Crippen LogP contribution in [-0.4, -0.2) is 12.5 Å². The summed E-state index contributed by atoms with van der Waals surface area (Å²) in [5.41, 5.74) is 1.14. The van der Waals surface area contributed by atoms with Gasteiger partial charge in [0.05, 0.1) is 5.92 Å². The first-order chi connectivity index (χ1) is 6.36. The minimum atomic E-state index is 0.0835. The largest absolute Gasteiger partial charge is 0.354 e. The van der Waals surface area contributed by atoms with Crippen molar-refractivity contribution in [3.05, 3.63) is 42.0 Å². The Morgan fingerprint density at radius 1 is 1.31 bits per heavy atom. The van der Waals surface area contributed by atoms with E-state index in [1.54, 1.807) is 0 Å². The van der Waals surface area contributed by atoms with Crippen LogP contribution in [0.5, 0.6) is 0 Å². The van der Waals surface area contributed by atoms with E-state index in [0.717, 1.165) is 12.1 Å². The Kier molecular flexibility index (Phi) is 2.13. The first-order valence-electron chi connectivity index (χ1n) is 4.37. The van der Waals surface area contributed by atoms with Crippen molar-refractivity contribution in [1.82, 2.24) is 5.32 Å². The number of amides is 1. The summed E-state index contributed by atoms with van der Waals surface area (Å²) in [5.74, 6) is 0.215. The van der Waals surface area contributed by atoms with Gasteiger partial charge in [-0.2, -0.15) is 0 Å². The van der Waals surface area contributed by atoms with Crippen LogP contribution in [0.3, 0.4) is 0 Å². The Balaban J connectivity index is 2.01. The molecule has 2 nitrogen and oxygen atoms in total. The second kappa shape index (κ2) is 3.44. The quantitative estimate of drug-likeness (QED) is 0.674. The van der Waals surface area contributed by atoms with Gasteiger partial charge in [-0.15, -0.1) is 0 Å². The summed E-state index contributed by atoms with van der Waals surface area (Å²) in [4.78, 5) is 10.9. The lowest BCUT2D eigenvalue weighted by molar-refractivity contribution is -0.129. The van der Waals surface area contributed by atoms with E-state index < -0.39 is 0 Å². The summed E-state index contributed by atoms with van der Waals surface area (Å²) in [6.07, 6.45) is 3.94. The minimum Gasteiger partial charge on any atom is -0.354 e. The normalized spacial score (nSPS) is 21.2. The van der Waals surface area contributed by atoms with Crippen LogP contribution in [0.25, 0.3) is 6.08 Å². The Morgan fingerprint density at radius 3 is 2.62 bits per heavy atom. The van der Waals surface area contributed by atoms with E-state index in [4.69, 9.17) is 0 Å². The number of nitrogens with one attached hydrogen (secondary N) is 1. The molecule has 0 saturated carbocycles. The zero-order valence-corrected chi connectivity index (χ0v) is 7.23. The molecule has 0 aromatic heterocycles. The second-order valence-corrected chi connectivity index (χ2v) is 3.12. The van der Waals surface area contributed by atoms with E-state index in [9.17, 15) is 4.79 Å². The molecule has 1 unspecified atom stereocenters. The van der Waals surface area contributed by atoms with E-state index >= 15 is 0 Å². The van der Waals surface area contributed by atoms with Gasteiger partial charge in [-0.3, -0.25) is 4.79 Å². The van der Waals surface area contributed by atoms with Crippen LogP contribution in [0.15, 0.2) is 36.4 Å². The van der Waals surface area contributed by atoms with Gasteiger partial charge in [-0.1, -0.05) is 42.5 Å². The predicted molar refractivity (Wildman–Crippen MR) is 52.0 cm³/mol. The third-order valence-corrected chi connectivity index (χ3v) is 2.15. The van der Waals surface area contributed by atoms with E-state index in [1.807, 2.05) is 42.5 Å². The molecule has 66 valence electrons. The molecule has 1 saturated heterocycles. The van der Waals surface area contributed by atoms with E-state index in [0.29, 0.717) is 0 Å². The zero-order chi connectivity index (χ0) is 9.10. The summed E-state index contributed by atoms with van der Waals surface area (Å²) in [6, 6.07) is 9.99. The molecule has 0 bridgehead atoms. The molecule has 1 aromatic carbocycles.